The zero-order valence-corrected chi connectivity index (χ0v) is 21.8. The van der Waals surface area contributed by atoms with Gasteiger partial charge in [-0.3, -0.25) is 19.7 Å². The second-order valence-electron chi connectivity index (χ2n) is 12.5. The summed E-state index contributed by atoms with van der Waals surface area (Å²) in [5.41, 5.74) is -0.980. The van der Waals surface area contributed by atoms with E-state index in [1.54, 1.807) is 20.8 Å². The van der Waals surface area contributed by atoms with Gasteiger partial charge in [-0.25, -0.2) is 0 Å². The predicted octanol–water partition coefficient (Wildman–Crippen LogP) is 2.64. The van der Waals surface area contributed by atoms with Gasteiger partial charge in [0, 0.05) is 18.0 Å². The number of carbonyl (C=O) groups excluding carboxylic acids is 3. The maximum Gasteiger partial charge on any atom is 0.401 e. The molecule has 2 heterocycles. The van der Waals surface area contributed by atoms with Gasteiger partial charge in [-0.15, -0.1) is 0 Å². The van der Waals surface area contributed by atoms with E-state index >= 15 is 0 Å². The number of likely N-dealkylation sites (tertiary alicyclic amines) is 1. The van der Waals surface area contributed by atoms with Crippen molar-refractivity contribution in [1.82, 2.24) is 20.9 Å². The number of halogens is 3. The smallest absolute Gasteiger partial charge is 0.350 e. The molecule has 4 aliphatic rings. The normalized spacial score (nSPS) is 30.3. The summed E-state index contributed by atoms with van der Waals surface area (Å²) in [6.45, 7) is 4.08. The van der Waals surface area contributed by atoms with E-state index in [-0.39, 0.29) is 35.6 Å². The van der Waals surface area contributed by atoms with Crippen LogP contribution in [0.5, 0.6) is 0 Å². The molecule has 0 aromatic rings. The highest BCUT2D eigenvalue weighted by Gasteiger charge is 2.52. The third-order valence-corrected chi connectivity index (χ3v) is 8.76. The lowest BCUT2D eigenvalue weighted by atomic mass is 9.74. The van der Waals surface area contributed by atoms with Gasteiger partial charge in [0.15, 0.2) is 0 Å². The number of alkyl halides is 3. The molecule has 3 N–H and O–H groups in total. The number of nitriles is 1. The van der Waals surface area contributed by atoms with Crippen LogP contribution in [-0.4, -0.2) is 65.6 Å². The zero-order valence-electron chi connectivity index (χ0n) is 21.8. The third kappa shape index (κ3) is 5.89. The van der Waals surface area contributed by atoms with E-state index < -0.39 is 48.1 Å². The Bertz CT molecular complexity index is 953. The van der Waals surface area contributed by atoms with Gasteiger partial charge in [0.1, 0.15) is 12.1 Å². The molecular formula is C26H38F3N5O3. The first-order chi connectivity index (χ1) is 17.2. The number of hydrogen-bond acceptors (Lipinski definition) is 5. The summed E-state index contributed by atoms with van der Waals surface area (Å²) in [4.78, 5) is 41.1. The average Bonchev–Trinajstić information content (AvgIpc) is 3.44. The van der Waals surface area contributed by atoms with Crippen molar-refractivity contribution in [3.63, 3.8) is 0 Å². The molecule has 37 heavy (non-hydrogen) atoms. The lowest BCUT2D eigenvalue weighted by Crippen LogP contribution is -2.59. The summed E-state index contributed by atoms with van der Waals surface area (Å²) in [5, 5.41) is 18.0. The van der Waals surface area contributed by atoms with Crippen molar-refractivity contribution in [1.29, 1.82) is 5.26 Å². The van der Waals surface area contributed by atoms with Crippen LogP contribution in [0.2, 0.25) is 0 Å². The van der Waals surface area contributed by atoms with E-state index in [0.717, 1.165) is 38.5 Å². The predicted molar refractivity (Wildman–Crippen MR) is 129 cm³/mol. The maximum atomic E-state index is 13.6. The molecule has 4 rings (SSSR count). The van der Waals surface area contributed by atoms with Gasteiger partial charge >= 0.3 is 6.18 Å². The molecule has 2 saturated carbocycles. The summed E-state index contributed by atoms with van der Waals surface area (Å²) in [6.07, 6.45) is 1.80. The van der Waals surface area contributed by atoms with E-state index in [1.165, 1.54) is 4.90 Å². The zero-order chi connectivity index (χ0) is 27.2. The molecule has 0 bridgehead atoms. The van der Waals surface area contributed by atoms with Crippen LogP contribution in [-0.2, 0) is 14.4 Å². The molecule has 0 aromatic heterocycles. The molecule has 2 aliphatic heterocycles. The highest BCUT2D eigenvalue weighted by molar-refractivity contribution is 5.91. The van der Waals surface area contributed by atoms with Crippen LogP contribution in [0.1, 0.15) is 72.1 Å². The second-order valence-corrected chi connectivity index (χ2v) is 12.5. The van der Waals surface area contributed by atoms with Crippen molar-refractivity contribution in [2.75, 3.05) is 13.1 Å². The quantitative estimate of drug-likeness (QED) is 0.473. The molecule has 6 atom stereocenters. The lowest BCUT2D eigenvalue weighted by Gasteiger charge is -2.38. The number of nitrogens with zero attached hydrogens (tertiary/aromatic N) is 2. The summed E-state index contributed by atoms with van der Waals surface area (Å²) < 4.78 is 38.9. The minimum Gasteiger partial charge on any atom is -0.350 e. The van der Waals surface area contributed by atoms with Crippen molar-refractivity contribution in [2.24, 2.45) is 23.2 Å². The van der Waals surface area contributed by atoms with Crippen LogP contribution in [0.4, 0.5) is 13.2 Å². The Balaban J connectivity index is 1.48. The largest absolute Gasteiger partial charge is 0.401 e. The van der Waals surface area contributed by atoms with Gasteiger partial charge in [0.05, 0.1) is 18.7 Å². The molecule has 2 saturated heterocycles. The fourth-order valence-electron chi connectivity index (χ4n) is 6.80. The lowest BCUT2D eigenvalue weighted by molar-refractivity contribution is -0.147. The number of hydrogen-bond donors (Lipinski definition) is 3. The SMILES string of the molecule is CC(C)(C)C(NCC(F)(F)F)C(=O)N1CC2CCCC2C1C(=O)NC(C#N)CC1CC2(CCC2)NC1=O. The molecule has 206 valence electrons. The van der Waals surface area contributed by atoms with E-state index in [4.69, 9.17) is 0 Å². The Kier molecular flexibility index (Phi) is 7.54. The van der Waals surface area contributed by atoms with Crippen LogP contribution >= 0.6 is 0 Å². The Hall–Kier alpha value is -2.35. The van der Waals surface area contributed by atoms with E-state index in [0.29, 0.717) is 13.0 Å². The van der Waals surface area contributed by atoms with Crippen LogP contribution in [0.15, 0.2) is 0 Å². The number of rotatable bonds is 7. The van der Waals surface area contributed by atoms with Crippen LogP contribution in [0.25, 0.3) is 0 Å². The molecule has 6 unspecified atom stereocenters. The first-order valence-electron chi connectivity index (χ1n) is 13.4. The highest BCUT2D eigenvalue weighted by Crippen LogP contribution is 2.44. The molecule has 4 fully saturated rings. The average molecular weight is 526 g/mol. The Labute approximate surface area is 216 Å². The van der Waals surface area contributed by atoms with Crippen LogP contribution < -0.4 is 16.0 Å². The Morgan fingerprint density at radius 1 is 1.22 bits per heavy atom. The standard InChI is InChI=1S/C26H38F3N5O3/c1-24(2,3)20(31-14-26(27,28)29)23(37)34-13-15-6-4-7-18(15)19(34)22(36)32-17(12-30)10-16-11-25(8-5-9-25)33-21(16)35/h15-20,31H,4-11,13-14H2,1-3H3,(H,32,36)(H,33,35). The van der Waals surface area contributed by atoms with Crippen molar-refractivity contribution in [2.45, 2.75) is 102 Å². The number of fused-ring (bicyclic) bond motifs is 1. The summed E-state index contributed by atoms with van der Waals surface area (Å²) in [5.74, 6) is -1.44. The number of amides is 3. The number of nitrogens with one attached hydrogen (secondary N) is 3. The summed E-state index contributed by atoms with van der Waals surface area (Å²) >= 11 is 0. The fourth-order valence-corrected chi connectivity index (χ4v) is 6.80. The van der Waals surface area contributed by atoms with Crippen LogP contribution in [0, 0.1) is 34.5 Å². The Morgan fingerprint density at radius 2 is 1.92 bits per heavy atom. The fraction of sp³-hybridized carbons (Fsp3) is 0.846. The minimum absolute atomic E-state index is 0.0912. The van der Waals surface area contributed by atoms with Gasteiger partial charge in [-0.2, -0.15) is 18.4 Å². The number of carbonyl (C=O) groups is 3. The first-order valence-corrected chi connectivity index (χ1v) is 13.4. The molecular weight excluding hydrogens is 487 g/mol. The molecule has 0 aromatic carbocycles. The topological polar surface area (TPSA) is 114 Å². The van der Waals surface area contributed by atoms with Gasteiger partial charge < -0.3 is 15.5 Å². The monoisotopic (exact) mass is 525 g/mol. The minimum atomic E-state index is -4.48. The van der Waals surface area contributed by atoms with Crippen molar-refractivity contribution < 1.29 is 27.6 Å². The van der Waals surface area contributed by atoms with Crippen molar-refractivity contribution in [3.05, 3.63) is 0 Å². The van der Waals surface area contributed by atoms with Gasteiger partial charge in [-0.1, -0.05) is 27.2 Å². The molecule has 8 nitrogen and oxygen atoms in total. The molecule has 0 radical (unpaired) electrons. The van der Waals surface area contributed by atoms with E-state index in [2.05, 4.69) is 22.0 Å². The van der Waals surface area contributed by atoms with E-state index in [9.17, 15) is 32.8 Å². The third-order valence-electron chi connectivity index (χ3n) is 8.76. The van der Waals surface area contributed by atoms with Crippen molar-refractivity contribution >= 4 is 17.7 Å². The maximum absolute atomic E-state index is 13.6. The summed E-state index contributed by atoms with van der Waals surface area (Å²) in [7, 11) is 0. The van der Waals surface area contributed by atoms with Crippen LogP contribution in [0.3, 0.4) is 0 Å². The second kappa shape index (κ2) is 10.1. The first kappa shape index (κ1) is 27.7. The highest BCUT2D eigenvalue weighted by atomic mass is 19.4. The molecule has 3 amide bonds. The van der Waals surface area contributed by atoms with Gasteiger partial charge in [-0.05, 0) is 62.2 Å². The Morgan fingerprint density at radius 3 is 2.46 bits per heavy atom. The van der Waals surface area contributed by atoms with Crippen molar-refractivity contribution in [3.8, 4) is 6.07 Å². The molecule has 11 heteroatoms. The van der Waals surface area contributed by atoms with Gasteiger partial charge in [0.2, 0.25) is 17.7 Å². The van der Waals surface area contributed by atoms with E-state index in [1.807, 2.05) is 0 Å². The molecule has 1 spiro atoms. The van der Waals surface area contributed by atoms with Gasteiger partial charge in [0.25, 0.3) is 0 Å². The molecule has 2 aliphatic carbocycles. The summed E-state index contributed by atoms with van der Waals surface area (Å²) in [6, 6.07) is -0.761.